The molecule has 4 nitrogen and oxygen atoms in total. The molecular weight excluding hydrogens is 279 g/mol. The molecule has 0 radical (unpaired) electrons. The van der Waals surface area contributed by atoms with Crippen molar-refractivity contribution < 1.29 is 13.7 Å². The van der Waals surface area contributed by atoms with Crippen LogP contribution in [0.25, 0.3) is 10.6 Å². The molecule has 1 amide bonds. The Labute approximate surface area is 117 Å². The summed E-state index contributed by atoms with van der Waals surface area (Å²) >= 11 is 1.52. The number of halogens is 1. The van der Waals surface area contributed by atoms with Crippen LogP contribution in [0.3, 0.4) is 0 Å². The maximum absolute atomic E-state index is 13.0. The van der Waals surface area contributed by atoms with E-state index in [0.717, 1.165) is 10.9 Å². The van der Waals surface area contributed by atoms with Crippen LogP contribution in [0.4, 0.5) is 10.3 Å². The number of carbonyl (C=O) groups excluding carboxylic acids is 1. The molecule has 3 aromatic rings. The average Bonchev–Trinajstić information content (AvgIpc) is 3.08. The fourth-order valence-electron chi connectivity index (χ4n) is 1.69. The molecule has 0 unspecified atom stereocenters. The average molecular weight is 288 g/mol. The standard InChI is InChI=1S/C14H9FN2O2S/c15-10-4-1-3-9(7-10)14(18)16-13-8-11(17-19-13)12-5-2-6-20-12/h1-8H,(H,16,18). The summed E-state index contributed by atoms with van der Waals surface area (Å²) in [7, 11) is 0. The van der Waals surface area contributed by atoms with Crippen LogP contribution in [0, 0.1) is 5.82 Å². The molecule has 2 aromatic heterocycles. The Morgan fingerprint density at radius 3 is 2.90 bits per heavy atom. The molecule has 0 bridgehead atoms. The van der Waals surface area contributed by atoms with Gasteiger partial charge in [-0.1, -0.05) is 17.3 Å². The molecule has 1 N–H and O–H groups in total. The maximum Gasteiger partial charge on any atom is 0.258 e. The number of nitrogens with zero attached hydrogens (tertiary/aromatic N) is 1. The molecule has 3 rings (SSSR count). The molecule has 2 heterocycles. The van der Waals surface area contributed by atoms with E-state index in [1.54, 1.807) is 6.07 Å². The molecule has 0 saturated carbocycles. The molecule has 0 atom stereocenters. The normalized spacial score (nSPS) is 10.4. The van der Waals surface area contributed by atoms with Crippen LogP contribution in [-0.2, 0) is 0 Å². The topological polar surface area (TPSA) is 55.1 Å². The zero-order valence-electron chi connectivity index (χ0n) is 10.2. The lowest BCUT2D eigenvalue weighted by Crippen LogP contribution is -2.11. The second-order valence-corrected chi connectivity index (χ2v) is 4.97. The highest BCUT2D eigenvalue weighted by atomic mass is 32.1. The molecule has 20 heavy (non-hydrogen) atoms. The first-order chi connectivity index (χ1) is 9.72. The van der Waals surface area contributed by atoms with E-state index < -0.39 is 11.7 Å². The predicted molar refractivity (Wildman–Crippen MR) is 74.2 cm³/mol. The summed E-state index contributed by atoms with van der Waals surface area (Å²) in [4.78, 5) is 12.8. The van der Waals surface area contributed by atoms with Crippen molar-refractivity contribution in [2.24, 2.45) is 0 Å². The SMILES string of the molecule is O=C(Nc1cc(-c2cccs2)no1)c1cccc(F)c1. The van der Waals surface area contributed by atoms with Gasteiger partial charge in [-0.25, -0.2) is 4.39 Å². The minimum Gasteiger partial charge on any atom is -0.338 e. The Morgan fingerprint density at radius 1 is 1.25 bits per heavy atom. The van der Waals surface area contributed by atoms with Crippen molar-refractivity contribution >= 4 is 23.1 Å². The van der Waals surface area contributed by atoms with Gasteiger partial charge in [0, 0.05) is 11.6 Å². The van der Waals surface area contributed by atoms with E-state index in [9.17, 15) is 9.18 Å². The smallest absolute Gasteiger partial charge is 0.258 e. The number of aromatic nitrogens is 1. The summed E-state index contributed by atoms with van der Waals surface area (Å²) in [6.07, 6.45) is 0. The van der Waals surface area contributed by atoms with Gasteiger partial charge in [0.1, 0.15) is 11.5 Å². The van der Waals surface area contributed by atoms with Crippen molar-refractivity contribution in [2.75, 3.05) is 5.32 Å². The molecule has 0 aliphatic rings. The van der Waals surface area contributed by atoms with Crippen molar-refractivity contribution in [1.29, 1.82) is 0 Å². The van der Waals surface area contributed by atoms with Crippen LogP contribution in [-0.4, -0.2) is 11.1 Å². The molecule has 6 heteroatoms. The van der Waals surface area contributed by atoms with Gasteiger partial charge in [-0.15, -0.1) is 11.3 Å². The second-order valence-electron chi connectivity index (χ2n) is 4.02. The van der Waals surface area contributed by atoms with Gasteiger partial charge in [-0.3, -0.25) is 10.1 Å². The number of nitrogens with one attached hydrogen (secondary N) is 1. The van der Waals surface area contributed by atoms with Gasteiger partial charge in [0.15, 0.2) is 0 Å². The lowest BCUT2D eigenvalue weighted by Gasteiger charge is -2.00. The number of thiophene rings is 1. The summed E-state index contributed by atoms with van der Waals surface area (Å²) in [5, 5.41) is 8.33. The minimum absolute atomic E-state index is 0.221. The Morgan fingerprint density at radius 2 is 2.15 bits per heavy atom. The lowest BCUT2D eigenvalue weighted by atomic mass is 10.2. The monoisotopic (exact) mass is 288 g/mol. The molecule has 0 saturated heterocycles. The predicted octanol–water partition coefficient (Wildman–Crippen LogP) is 3.79. The third-order valence-corrected chi connectivity index (χ3v) is 3.50. The number of carbonyl (C=O) groups is 1. The number of hydrogen-bond acceptors (Lipinski definition) is 4. The van der Waals surface area contributed by atoms with E-state index in [1.165, 1.54) is 29.5 Å². The van der Waals surface area contributed by atoms with Crippen LogP contribution >= 0.6 is 11.3 Å². The van der Waals surface area contributed by atoms with Gasteiger partial charge >= 0.3 is 0 Å². The first kappa shape index (κ1) is 12.6. The fraction of sp³-hybridized carbons (Fsp3) is 0. The number of anilines is 1. The van der Waals surface area contributed by atoms with Crippen LogP contribution in [0.5, 0.6) is 0 Å². The van der Waals surface area contributed by atoms with E-state index >= 15 is 0 Å². The van der Waals surface area contributed by atoms with E-state index in [2.05, 4.69) is 10.5 Å². The van der Waals surface area contributed by atoms with Crippen LogP contribution < -0.4 is 5.32 Å². The largest absolute Gasteiger partial charge is 0.338 e. The van der Waals surface area contributed by atoms with Gasteiger partial charge < -0.3 is 4.52 Å². The Balaban J connectivity index is 1.77. The zero-order valence-corrected chi connectivity index (χ0v) is 11.0. The molecule has 1 aromatic carbocycles. The summed E-state index contributed by atoms with van der Waals surface area (Å²) < 4.78 is 18.1. The molecule has 0 aliphatic heterocycles. The Hall–Kier alpha value is -2.47. The lowest BCUT2D eigenvalue weighted by molar-refractivity contribution is 0.102. The highest BCUT2D eigenvalue weighted by Gasteiger charge is 2.12. The summed E-state index contributed by atoms with van der Waals surface area (Å²) in [5.41, 5.74) is 0.869. The molecule has 0 spiro atoms. The highest BCUT2D eigenvalue weighted by molar-refractivity contribution is 7.13. The summed E-state index contributed by atoms with van der Waals surface area (Å²) in [6, 6.07) is 10.9. The summed E-state index contributed by atoms with van der Waals surface area (Å²) in [6.45, 7) is 0. The third kappa shape index (κ3) is 2.60. The second kappa shape index (κ2) is 5.26. The molecule has 100 valence electrons. The number of benzene rings is 1. The van der Waals surface area contributed by atoms with Crippen LogP contribution in [0.15, 0.2) is 52.4 Å². The molecular formula is C14H9FN2O2S. The van der Waals surface area contributed by atoms with Crippen LogP contribution in [0.2, 0.25) is 0 Å². The maximum atomic E-state index is 13.0. The van der Waals surface area contributed by atoms with E-state index in [0.29, 0.717) is 5.69 Å². The summed E-state index contributed by atoms with van der Waals surface area (Å²) in [5.74, 6) is -0.685. The van der Waals surface area contributed by atoms with Gasteiger partial charge in [0.25, 0.3) is 5.91 Å². The first-order valence-corrected chi connectivity index (χ1v) is 6.68. The van der Waals surface area contributed by atoms with Gasteiger partial charge in [0.05, 0.1) is 4.88 Å². The number of hydrogen-bond donors (Lipinski definition) is 1. The zero-order chi connectivity index (χ0) is 13.9. The Bertz CT molecular complexity index is 737. The first-order valence-electron chi connectivity index (χ1n) is 5.80. The fourth-order valence-corrected chi connectivity index (χ4v) is 2.37. The highest BCUT2D eigenvalue weighted by Crippen LogP contribution is 2.26. The van der Waals surface area contributed by atoms with Crippen molar-refractivity contribution in [3.8, 4) is 10.6 Å². The number of amides is 1. The molecule has 0 aliphatic carbocycles. The van der Waals surface area contributed by atoms with Crippen molar-refractivity contribution in [1.82, 2.24) is 5.16 Å². The number of rotatable bonds is 3. The van der Waals surface area contributed by atoms with E-state index in [-0.39, 0.29) is 11.4 Å². The van der Waals surface area contributed by atoms with Crippen molar-refractivity contribution in [3.05, 3.63) is 59.2 Å². The van der Waals surface area contributed by atoms with Gasteiger partial charge in [-0.2, -0.15) is 0 Å². The van der Waals surface area contributed by atoms with Crippen molar-refractivity contribution in [2.45, 2.75) is 0 Å². The molecule has 0 fully saturated rings. The quantitative estimate of drug-likeness (QED) is 0.797. The minimum atomic E-state index is -0.463. The van der Waals surface area contributed by atoms with Crippen LogP contribution in [0.1, 0.15) is 10.4 Å². The van der Waals surface area contributed by atoms with E-state index in [4.69, 9.17) is 4.52 Å². The Kier molecular flexibility index (Phi) is 3.30. The van der Waals surface area contributed by atoms with Gasteiger partial charge in [0.2, 0.25) is 5.88 Å². The van der Waals surface area contributed by atoms with E-state index in [1.807, 2.05) is 17.5 Å². The third-order valence-electron chi connectivity index (χ3n) is 2.61. The van der Waals surface area contributed by atoms with Crippen molar-refractivity contribution in [3.63, 3.8) is 0 Å². The van der Waals surface area contributed by atoms with Gasteiger partial charge in [-0.05, 0) is 29.6 Å².